The van der Waals surface area contributed by atoms with Crippen molar-refractivity contribution in [2.45, 2.75) is 6.92 Å². The van der Waals surface area contributed by atoms with Crippen LogP contribution in [0, 0.1) is 18.6 Å². The molecule has 2 amide bonds. The fourth-order valence-corrected chi connectivity index (χ4v) is 2.83. The number of nitrogens with zero attached hydrogens (tertiary/aromatic N) is 2. The highest BCUT2D eigenvalue weighted by molar-refractivity contribution is 6.32. The van der Waals surface area contributed by atoms with Crippen LogP contribution in [0.3, 0.4) is 0 Å². The van der Waals surface area contributed by atoms with Crippen molar-refractivity contribution >= 4 is 47.8 Å². The molecule has 0 spiro atoms. The first-order chi connectivity index (χ1) is 14.3. The molecular formula is C19H13BF2N6O2. The second kappa shape index (κ2) is 7.43. The van der Waals surface area contributed by atoms with Crippen molar-refractivity contribution in [2.24, 2.45) is 0 Å². The molecule has 11 heteroatoms. The standard InChI is InChI=1S/C19H13BF2N6O2/c1-8-2-3-9(20)4-12(8)25-17(29)15-16(24-7-23-15)18(30)28-19-26-13-5-10(21)11(22)6-14(13)27-19/h2-7H,1H3,(H,23,24)(H,25,29)(H2,26,27,28,30). The summed E-state index contributed by atoms with van der Waals surface area (Å²) in [4.78, 5) is 38.4. The van der Waals surface area contributed by atoms with Crippen molar-refractivity contribution < 1.29 is 18.4 Å². The number of fused-ring (bicyclic) bond motifs is 1. The van der Waals surface area contributed by atoms with Gasteiger partial charge in [-0.1, -0.05) is 17.6 Å². The minimum Gasteiger partial charge on any atom is -0.340 e. The highest BCUT2D eigenvalue weighted by atomic mass is 19.2. The van der Waals surface area contributed by atoms with Gasteiger partial charge in [0.25, 0.3) is 11.8 Å². The van der Waals surface area contributed by atoms with E-state index in [2.05, 4.69) is 30.6 Å². The van der Waals surface area contributed by atoms with E-state index in [4.69, 9.17) is 7.85 Å². The lowest BCUT2D eigenvalue weighted by Gasteiger charge is -2.09. The maximum Gasteiger partial charge on any atom is 0.276 e. The molecule has 0 fully saturated rings. The third kappa shape index (κ3) is 3.64. The van der Waals surface area contributed by atoms with Crippen LogP contribution in [0.5, 0.6) is 0 Å². The van der Waals surface area contributed by atoms with E-state index in [1.165, 1.54) is 6.33 Å². The van der Waals surface area contributed by atoms with E-state index >= 15 is 0 Å². The van der Waals surface area contributed by atoms with Gasteiger partial charge in [0.05, 0.1) is 17.4 Å². The highest BCUT2D eigenvalue weighted by Gasteiger charge is 2.22. The topological polar surface area (TPSA) is 116 Å². The molecule has 0 atom stereocenters. The monoisotopic (exact) mass is 406 g/mol. The zero-order valence-electron chi connectivity index (χ0n) is 15.5. The van der Waals surface area contributed by atoms with Crippen LogP contribution in [-0.4, -0.2) is 39.6 Å². The molecule has 2 radical (unpaired) electrons. The highest BCUT2D eigenvalue weighted by Crippen LogP contribution is 2.19. The van der Waals surface area contributed by atoms with Gasteiger partial charge in [-0.05, 0) is 18.6 Å². The quantitative estimate of drug-likeness (QED) is 0.389. The zero-order chi connectivity index (χ0) is 21.4. The van der Waals surface area contributed by atoms with Crippen LogP contribution in [0.15, 0.2) is 36.7 Å². The fraction of sp³-hybridized carbons (Fsp3) is 0.0526. The van der Waals surface area contributed by atoms with Crippen molar-refractivity contribution in [3.05, 3.63) is 65.2 Å². The molecule has 4 aromatic rings. The average Bonchev–Trinajstić information content (AvgIpc) is 3.32. The second-order valence-electron chi connectivity index (χ2n) is 6.48. The summed E-state index contributed by atoms with van der Waals surface area (Å²) >= 11 is 0. The van der Waals surface area contributed by atoms with E-state index in [1.807, 2.05) is 0 Å². The number of halogens is 2. The molecule has 0 aliphatic heterocycles. The van der Waals surface area contributed by atoms with E-state index in [1.54, 1.807) is 25.1 Å². The number of carbonyl (C=O) groups is 2. The van der Waals surface area contributed by atoms with Crippen molar-refractivity contribution in [3.8, 4) is 0 Å². The Morgan fingerprint density at radius 1 is 1.07 bits per heavy atom. The van der Waals surface area contributed by atoms with Crippen LogP contribution in [0.2, 0.25) is 0 Å². The maximum absolute atomic E-state index is 13.3. The number of hydrogen-bond donors (Lipinski definition) is 4. The smallest absolute Gasteiger partial charge is 0.276 e. The lowest BCUT2D eigenvalue weighted by Crippen LogP contribution is -2.21. The van der Waals surface area contributed by atoms with E-state index in [9.17, 15) is 18.4 Å². The third-order valence-electron chi connectivity index (χ3n) is 4.35. The van der Waals surface area contributed by atoms with Gasteiger partial charge in [-0.2, -0.15) is 0 Å². The molecule has 0 aliphatic rings. The Balaban J connectivity index is 1.55. The number of aryl methyl sites for hydroxylation is 1. The summed E-state index contributed by atoms with van der Waals surface area (Å²) in [5.74, 6) is -3.50. The van der Waals surface area contributed by atoms with Crippen LogP contribution >= 0.6 is 0 Å². The zero-order valence-corrected chi connectivity index (χ0v) is 15.5. The summed E-state index contributed by atoms with van der Waals surface area (Å²) in [5.41, 5.74) is 1.78. The van der Waals surface area contributed by atoms with E-state index in [0.29, 0.717) is 11.2 Å². The Bertz CT molecular complexity index is 1260. The summed E-state index contributed by atoms with van der Waals surface area (Å²) < 4.78 is 26.7. The normalized spacial score (nSPS) is 10.9. The lowest BCUT2D eigenvalue weighted by molar-refractivity contribution is 0.0985. The number of hydrogen-bond acceptors (Lipinski definition) is 4. The number of carbonyl (C=O) groups excluding carboxylic acids is 2. The second-order valence-corrected chi connectivity index (χ2v) is 6.48. The number of aromatic amines is 2. The lowest BCUT2D eigenvalue weighted by atomic mass is 9.94. The number of aromatic nitrogens is 4. The van der Waals surface area contributed by atoms with E-state index in [0.717, 1.165) is 17.7 Å². The summed E-state index contributed by atoms with van der Waals surface area (Å²) in [7, 11) is 5.74. The largest absolute Gasteiger partial charge is 0.340 e. The number of H-pyrrole nitrogens is 2. The predicted octanol–water partition coefficient (Wildman–Crippen LogP) is 2.17. The SMILES string of the molecule is [B]c1ccc(C)c(NC(=O)c2nc[nH]c2C(=O)Nc2nc3cc(F)c(F)cc3[nH]2)c1. The molecule has 4 N–H and O–H groups in total. The van der Waals surface area contributed by atoms with Crippen LogP contribution in [0.1, 0.15) is 26.5 Å². The molecule has 0 saturated heterocycles. The first-order valence-corrected chi connectivity index (χ1v) is 8.69. The van der Waals surface area contributed by atoms with Gasteiger partial charge < -0.3 is 15.3 Å². The summed E-state index contributed by atoms with van der Waals surface area (Å²) in [6.45, 7) is 1.79. The van der Waals surface area contributed by atoms with Gasteiger partial charge in [-0.3, -0.25) is 14.9 Å². The average molecular weight is 406 g/mol. The fourth-order valence-electron chi connectivity index (χ4n) is 2.83. The third-order valence-corrected chi connectivity index (χ3v) is 4.35. The number of rotatable bonds is 4. The van der Waals surface area contributed by atoms with Gasteiger partial charge in [-0.25, -0.2) is 18.7 Å². The van der Waals surface area contributed by atoms with Crippen molar-refractivity contribution in [1.29, 1.82) is 0 Å². The predicted molar refractivity (Wildman–Crippen MR) is 107 cm³/mol. The van der Waals surface area contributed by atoms with Crippen LogP contribution in [0.4, 0.5) is 20.4 Å². The Morgan fingerprint density at radius 3 is 2.63 bits per heavy atom. The Hall–Kier alpha value is -4.02. The molecule has 0 aliphatic carbocycles. The van der Waals surface area contributed by atoms with E-state index < -0.39 is 23.4 Å². The number of anilines is 2. The van der Waals surface area contributed by atoms with Gasteiger partial charge >= 0.3 is 0 Å². The van der Waals surface area contributed by atoms with Gasteiger partial charge in [0.15, 0.2) is 17.3 Å². The molecule has 4 rings (SSSR count). The first-order valence-electron chi connectivity index (χ1n) is 8.69. The molecule has 8 nitrogen and oxygen atoms in total. The Morgan fingerprint density at radius 2 is 1.83 bits per heavy atom. The van der Waals surface area contributed by atoms with Crippen LogP contribution in [-0.2, 0) is 0 Å². The molecule has 0 saturated carbocycles. The van der Waals surface area contributed by atoms with Crippen molar-refractivity contribution in [1.82, 2.24) is 19.9 Å². The summed E-state index contributed by atoms with van der Waals surface area (Å²) in [5, 5.41) is 5.09. The van der Waals surface area contributed by atoms with Crippen molar-refractivity contribution in [3.63, 3.8) is 0 Å². The minimum absolute atomic E-state index is 0.0485. The molecule has 0 bridgehead atoms. The van der Waals surface area contributed by atoms with E-state index in [-0.39, 0.29) is 28.4 Å². The summed E-state index contributed by atoms with van der Waals surface area (Å²) in [6, 6.07) is 6.86. The first kappa shape index (κ1) is 19.3. The molecule has 148 valence electrons. The molecule has 0 unspecified atom stereocenters. The molecule has 30 heavy (non-hydrogen) atoms. The van der Waals surface area contributed by atoms with Crippen LogP contribution in [0.25, 0.3) is 11.0 Å². The molecule has 2 aromatic carbocycles. The Labute approximate surface area is 169 Å². The van der Waals surface area contributed by atoms with Crippen LogP contribution < -0.4 is 16.1 Å². The minimum atomic E-state index is -1.06. The number of amides is 2. The molecular weight excluding hydrogens is 393 g/mol. The van der Waals surface area contributed by atoms with Gasteiger partial charge in [-0.15, -0.1) is 0 Å². The van der Waals surface area contributed by atoms with Crippen molar-refractivity contribution in [2.75, 3.05) is 10.6 Å². The summed E-state index contributed by atoms with van der Waals surface area (Å²) in [6.07, 6.45) is 1.19. The Kier molecular flexibility index (Phi) is 4.78. The van der Waals surface area contributed by atoms with Gasteiger partial charge in [0.2, 0.25) is 5.95 Å². The number of nitrogens with one attached hydrogen (secondary N) is 4. The maximum atomic E-state index is 13.3. The molecule has 2 aromatic heterocycles. The number of benzene rings is 2. The van der Waals surface area contributed by atoms with Gasteiger partial charge in [0.1, 0.15) is 13.5 Å². The number of imidazole rings is 2. The van der Waals surface area contributed by atoms with Gasteiger partial charge in [0, 0.05) is 17.8 Å². The molecule has 2 heterocycles.